The first kappa shape index (κ1) is 16.1. The fourth-order valence-electron chi connectivity index (χ4n) is 7.90. The Morgan fingerprint density at radius 3 is 2.35 bits per heavy atom. The lowest BCUT2D eigenvalue weighted by Crippen LogP contribution is -2.54. The third kappa shape index (κ3) is 2.19. The predicted octanol–water partition coefficient (Wildman–Crippen LogP) is 4.60. The molecular weight excluding hydrogens is 284 g/mol. The van der Waals surface area contributed by atoms with Crippen molar-refractivity contribution in [2.45, 2.75) is 84.7 Å². The second-order valence-electron chi connectivity index (χ2n) is 9.87. The van der Waals surface area contributed by atoms with Crippen LogP contribution >= 0.6 is 0 Å². The van der Waals surface area contributed by atoms with E-state index in [9.17, 15) is 9.90 Å². The van der Waals surface area contributed by atoms with Crippen molar-refractivity contribution in [3.8, 4) is 0 Å². The van der Waals surface area contributed by atoms with Crippen molar-refractivity contribution in [3.05, 3.63) is 0 Å². The first-order valence-electron chi connectivity index (χ1n) is 10.0. The van der Waals surface area contributed by atoms with E-state index in [1.54, 1.807) is 0 Å². The van der Waals surface area contributed by atoms with Crippen LogP contribution in [0.4, 0.5) is 0 Å². The maximum atomic E-state index is 12.2. The summed E-state index contributed by atoms with van der Waals surface area (Å²) in [5, 5.41) is 10.1. The first-order valence-corrected chi connectivity index (χ1v) is 10.0. The lowest BCUT2D eigenvalue weighted by atomic mass is 9.44. The zero-order valence-electron chi connectivity index (χ0n) is 15.2. The Bertz CT molecular complexity index is 500. The molecular formula is C21H34O2. The molecule has 4 rings (SSSR count). The first-order chi connectivity index (χ1) is 10.9. The maximum Gasteiger partial charge on any atom is 0.133 e. The largest absolute Gasteiger partial charge is 0.393 e. The molecule has 8 atom stereocenters. The highest BCUT2D eigenvalue weighted by Gasteiger charge is 2.60. The summed E-state index contributed by atoms with van der Waals surface area (Å²) < 4.78 is 0. The van der Waals surface area contributed by atoms with E-state index in [-0.39, 0.29) is 11.5 Å². The van der Waals surface area contributed by atoms with Crippen LogP contribution in [-0.2, 0) is 4.79 Å². The quantitative estimate of drug-likeness (QED) is 0.767. The van der Waals surface area contributed by atoms with E-state index in [2.05, 4.69) is 13.8 Å². The van der Waals surface area contributed by atoms with Gasteiger partial charge in [-0.3, -0.25) is 4.79 Å². The summed E-state index contributed by atoms with van der Waals surface area (Å²) in [6, 6.07) is 0. The van der Waals surface area contributed by atoms with Gasteiger partial charge in [-0.05, 0) is 99.2 Å². The van der Waals surface area contributed by atoms with Gasteiger partial charge in [-0.1, -0.05) is 13.8 Å². The zero-order valence-corrected chi connectivity index (χ0v) is 15.2. The number of carbonyl (C=O) groups excluding carboxylic acids is 1. The molecule has 1 N–H and O–H groups in total. The third-order valence-electron chi connectivity index (χ3n) is 9.13. The van der Waals surface area contributed by atoms with Gasteiger partial charge in [0.05, 0.1) is 6.10 Å². The molecule has 0 aromatic carbocycles. The average molecular weight is 319 g/mol. The van der Waals surface area contributed by atoms with Crippen molar-refractivity contribution in [2.75, 3.05) is 0 Å². The number of carbonyl (C=O) groups is 1. The van der Waals surface area contributed by atoms with Crippen LogP contribution in [0.1, 0.15) is 78.6 Å². The van der Waals surface area contributed by atoms with E-state index < -0.39 is 0 Å². The van der Waals surface area contributed by atoms with Gasteiger partial charge in [0.25, 0.3) is 0 Å². The molecule has 0 aromatic heterocycles. The highest BCUT2D eigenvalue weighted by atomic mass is 16.3. The molecule has 23 heavy (non-hydrogen) atoms. The van der Waals surface area contributed by atoms with Gasteiger partial charge in [-0.2, -0.15) is 0 Å². The van der Waals surface area contributed by atoms with Crippen molar-refractivity contribution < 1.29 is 9.90 Å². The van der Waals surface area contributed by atoms with Gasteiger partial charge in [-0.15, -0.1) is 0 Å². The molecule has 0 bridgehead atoms. The SMILES string of the molecule is CC(=O)[C@@H]1CC[C@@H]2[C@H]3CC[C@H]4C[C@H](O)CC[C@]4(C)[C@H]3CC[C@@]21C. The van der Waals surface area contributed by atoms with E-state index in [0.29, 0.717) is 17.1 Å². The van der Waals surface area contributed by atoms with Crippen molar-refractivity contribution in [2.24, 2.45) is 40.4 Å². The van der Waals surface area contributed by atoms with E-state index in [1.165, 1.54) is 38.5 Å². The summed E-state index contributed by atoms with van der Waals surface area (Å²) in [7, 11) is 0. The van der Waals surface area contributed by atoms with Crippen LogP contribution in [0.2, 0.25) is 0 Å². The molecule has 0 spiro atoms. The highest BCUT2D eigenvalue weighted by molar-refractivity contribution is 5.79. The number of aliphatic hydroxyl groups is 1. The summed E-state index contributed by atoms with van der Waals surface area (Å²) in [4.78, 5) is 12.2. The second-order valence-corrected chi connectivity index (χ2v) is 9.87. The van der Waals surface area contributed by atoms with Crippen LogP contribution in [0, 0.1) is 40.4 Å². The van der Waals surface area contributed by atoms with Crippen LogP contribution in [0.25, 0.3) is 0 Å². The lowest BCUT2D eigenvalue weighted by Gasteiger charge is -2.60. The van der Waals surface area contributed by atoms with Gasteiger partial charge in [0.15, 0.2) is 0 Å². The maximum absolute atomic E-state index is 12.2. The minimum Gasteiger partial charge on any atom is -0.393 e. The fraction of sp³-hybridized carbons (Fsp3) is 0.952. The van der Waals surface area contributed by atoms with Gasteiger partial charge >= 0.3 is 0 Å². The molecule has 130 valence electrons. The number of rotatable bonds is 1. The minimum atomic E-state index is -0.0490. The number of ketones is 1. The molecule has 4 aliphatic rings. The van der Waals surface area contributed by atoms with Crippen LogP contribution in [-0.4, -0.2) is 17.0 Å². The molecule has 2 nitrogen and oxygen atoms in total. The van der Waals surface area contributed by atoms with Crippen molar-refractivity contribution in [3.63, 3.8) is 0 Å². The molecule has 0 aromatic rings. The average Bonchev–Trinajstić information content (AvgIpc) is 2.85. The molecule has 0 heterocycles. The summed E-state index contributed by atoms with van der Waals surface area (Å²) in [6.45, 7) is 6.80. The molecule has 2 heteroatoms. The monoisotopic (exact) mass is 318 g/mol. The second kappa shape index (κ2) is 5.31. The minimum absolute atomic E-state index is 0.0490. The van der Waals surface area contributed by atoms with Crippen LogP contribution < -0.4 is 0 Å². The summed E-state index contributed by atoms with van der Waals surface area (Å²) >= 11 is 0. The Labute approximate surface area is 141 Å². The van der Waals surface area contributed by atoms with Gasteiger partial charge in [-0.25, -0.2) is 0 Å². The smallest absolute Gasteiger partial charge is 0.133 e. The summed E-state index contributed by atoms with van der Waals surface area (Å²) in [6.07, 6.45) is 10.9. The van der Waals surface area contributed by atoms with Gasteiger partial charge in [0, 0.05) is 5.92 Å². The standard InChI is InChI=1S/C21H34O2/c1-13(22)17-6-7-18-16-5-4-14-12-15(23)8-10-20(14,2)19(16)9-11-21(17,18)3/h14-19,23H,4-12H2,1-3H3/t14-,15+,16+,17-,18+,19-,20-,21+/m0/s1. The van der Waals surface area contributed by atoms with Crippen LogP contribution in [0.3, 0.4) is 0 Å². The molecule has 0 aliphatic heterocycles. The van der Waals surface area contributed by atoms with Crippen LogP contribution in [0.15, 0.2) is 0 Å². The number of aliphatic hydroxyl groups excluding tert-OH is 1. The molecule has 0 radical (unpaired) electrons. The topological polar surface area (TPSA) is 37.3 Å². The fourth-order valence-corrected chi connectivity index (χ4v) is 7.90. The molecule has 4 fully saturated rings. The summed E-state index contributed by atoms with van der Waals surface area (Å²) in [5.74, 6) is 3.97. The van der Waals surface area contributed by atoms with E-state index in [4.69, 9.17) is 0 Å². The Hall–Kier alpha value is -0.370. The van der Waals surface area contributed by atoms with Gasteiger partial charge in [0.1, 0.15) is 5.78 Å². The van der Waals surface area contributed by atoms with Crippen molar-refractivity contribution in [1.82, 2.24) is 0 Å². The number of Topliss-reactive ketones (excluding diaryl/α,β-unsaturated/α-hetero) is 1. The van der Waals surface area contributed by atoms with Gasteiger partial charge in [0.2, 0.25) is 0 Å². The zero-order chi connectivity index (χ0) is 16.4. The lowest BCUT2D eigenvalue weighted by molar-refractivity contribution is -0.138. The van der Waals surface area contributed by atoms with Gasteiger partial charge < -0.3 is 5.11 Å². The Balaban J connectivity index is 1.61. The Kier molecular flexibility index (Phi) is 3.72. The van der Waals surface area contributed by atoms with E-state index in [0.717, 1.165) is 42.9 Å². The number of hydrogen-bond donors (Lipinski definition) is 1. The van der Waals surface area contributed by atoms with Crippen molar-refractivity contribution in [1.29, 1.82) is 0 Å². The molecule has 4 aliphatic carbocycles. The predicted molar refractivity (Wildman–Crippen MR) is 91.9 cm³/mol. The van der Waals surface area contributed by atoms with E-state index in [1.807, 2.05) is 6.92 Å². The van der Waals surface area contributed by atoms with Crippen LogP contribution in [0.5, 0.6) is 0 Å². The Morgan fingerprint density at radius 1 is 0.913 bits per heavy atom. The van der Waals surface area contributed by atoms with Crippen molar-refractivity contribution >= 4 is 5.78 Å². The normalized spacial score (nSPS) is 55.7. The molecule has 4 saturated carbocycles. The number of hydrogen-bond acceptors (Lipinski definition) is 2. The molecule has 0 saturated heterocycles. The highest BCUT2D eigenvalue weighted by Crippen LogP contribution is 2.67. The van der Waals surface area contributed by atoms with E-state index >= 15 is 0 Å². The third-order valence-corrected chi connectivity index (χ3v) is 9.13. The molecule has 0 amide bonds. The Morgan fingerprint density at radius 2 is 1.61 bits per heavy atom. The number of fused-ring (bicyclic) bond motifs is 5. The summed E-state index contributed by atoms with van der Waals surface area (Å²) in [5.41, 5.74) is 0.738. The molecule has 0 unspecified atom stereocenters.